The first kappa shape index (κ1) is 22.2. The van der Waals surface area contributed by atoms with E-state index in [0.717, 1.165) is 11.3 Å². The lowest BCUT2D eigenvalue weighted by Gasteiger charge is -2.26. The molecule has 0 aliphatic carbocycles. The number of amides is 1. The van der Waals surface area contributed by atoms with E-state index >= 15 is 0 Å². The maximum atomic E-state index is 12.7. The Morgan fingerprint density at radius 2 is 1.52 bits per heavy atom. The fourth-order valence-corrected chi connectivity index (χ4v) is 3.25. The molecule has 162 valence electrons. The number of rotatable bonds is 9. The van der Waals surface area contributed by atoms with Crippen LogP contribution in [-0.4, -0.2) is 45.7 Å². The lowest BCUT2D eigenvalue weighted by molar-refractivity contribution is 0.0942. The molecule has 0 radical (unpaired) electrons. The second kappa shape index (κ2) is 10.5. The van der Waals surface area contributed by atoms with Gasteiger partial charge in [0.1, 0.15) is 11.5 Å². The Bertz CT molecular complexity index is 988. The van der Waals surface area contributed by atoms with Crippen LogP contribution >= 0.6 is 0 Å². The highest BCUT2D eigenvalue weighted by Gasteiger charge is 2.18. The molecule has 0 spiro atoms. The highest BCUT2D eigenvalue weighted by Crippen LogP contribution is 2.31. The SMILES string of the molecule is COc1ccc(C(CNC(=O)c2ccc(Oc3ccccc3)cc2)N(C)C)cc1OC. The predicted octanol–water partition coefficient (Wildman–Crippen LogP) is 4.53. The maximum absolute atomic E-state index is 12.7. The van der Waals surface area contributed by atoms with Gasteiger partial charge in [-0.3, -0.25) is 4.79 Å². The van der Waals surface area contributed by atoms with Gasteiger partial charge in [0.25, 0.3) is 5.91 Å². The van der Waals surface area contributed by atoms with Gasteiger partial charge in [-0.1, -0.05) is 24.3 Å². The van der Waals surface area contributed by atoms with Crippen molar-refractivity contribution in [3.63, 3.8) is 0 Å². The number of benzene rings is 3. The summed E-state index contributed by atoms with van der Waals surface area (Å²) in [6.07, 6.45) is 0. The van der Waals surface area contributed by atoms with Gasteiger partial charge < -0.3 is 24.4 Å². The molecule has 1 amide bonds. The van der Waals surface area contributed by atoms with Crippen molar-refractivity contribution < 1.29 is 19.0 Å². The van der Waals surface area contributed by atoms with Gasteiger partial charge in [0.15, 0.2) is 11.5 Å². The van der Waals surface area contributed by atoms with Gasteiger partial charge in [0.2, 0.25) is 0 Å². The number of methoxy groups -OCH3 is 2. The standard InChI is InChI=1S/C25H28N2O4/c1-27(2)22(19-12-15-23(29-3)24(16-19)30-4)17-26-25(28)18-10-13-21(14-11-18)31-20-8-6-5-7-9-20/h5-16,22H,17H2,1-4H3,(H,26,28). The van der Waals surface area contributed by atoms with Crippen molar-refractivity contribution in [2.75, 3.05) is 34.9 Å². The van der Waals surface area contributed by atoms with Crippen LogP contribution in [0.15, 0.2) is 72.8 Å². The molecular weight excluding hydrogens is 392 g/mol. The topological polar surface area (TPSA) is 60.0 Å². The number of likely N-dealkylation sites (N-methyl/N-ethyl adjacent to an activating group) is 1. The molecule has 6 heteroatoms. The van der Waals surface area contributed by atoms with Gasteiger partial charge >= 0.3 is 0 Å². The van der Waals surface area contributed by atoms with Crippen LogP contribution in [0.1, 0.15) is 22.0 Å². The molecule has 3 aromatic rings. The average Bonchev–Trinajstić information content (AvgIpc) is 2.79. The fourth-order valence-electron chi connectivity index (χ4n) is 3.25. The van der Waals surface area contributed by atoms with Crippen LogP contribution < -0.4 is 19.5 Å². The fraction of sp³-hybridized carbons (Fsp3) is 0.240. The zero-order valence-electron chi connectivity index (χ0n) is 18.3. The largest absolute Gasteiger partial charge is 0.493 e. The zero-order chi connectivity index (χ0) is 22.2. The van der Waals surface area contributed by atoms with E-state index in [1.807, 2.05) is 62.6 Å². The van der Waals surface area contributed by atoms with E-state index in [1.165, 1.54) is 0 Å². The van der Waals surface area contributed by atoms with Crippen molar-refractivity contribution in [3.8, 4) is 23.0 Å². The number of ether oxygens (including phenoxy) is 3. The van der Waals surface area contributed by atoms with Crippen molar-refractivity contribution in [2.24, 2.45) is 0 Å². The Morgan fingerprint density at radius 3 is 2.13 bits per heavy atom. The maximum Gasteiger partial charge on any atom is 0.251 e. The second-order valence-corrected chi connectivity index (χ2v) is 7.24. The lowest BCUT2D eigenvalue weighted by atomic mass is 10.0. The summed E-state index contributed by atoms with van der Waals surface area (Å²) in [5, 5.41) is 3.02. The number of nitrogens with zero attached hydrogens (tertiary/aromatic N) is 1. The van der Waals surface area contributed by atoms with Crippen LogP contribution in [0.5, 0.6) is 23.0 Å². The Hall–Kier alpha value is -3.51. The third kappa shape index (κ3) is 5.77. The van der Waals surface area contributed by atoms with Crippen molar-refractivity contribution in [2.45, 2.75) is 6.04 Å². The van der Waals surface area contributed by atoms with Crippen LogP contribution in [0.25, 0.3) is 0 Å². The number of carbonyl (C=O) groups excluding carboxylic acids is 1. The first-order valence-electron chi connectivity index (χ1n) is 10.0. The lowest BCUT2D eigenvalue weighted by Crippen LogP contribution is -2.34. The summed E-state index contributed by atoms with van der Waals surface area (Å²) in [7, 11) is 7.17. The summed E-state index contributed by atoms with van der Waals surface area (Å²) in [6, 6.07) is 22.4. The number of hydrogen-bond acceptors (Lipinski definition) is 5. The molecule has 0 heterocycles. The number of hydrogen-bond donors (Lipinski definition) is 1. The van der Waals surface area contributed by atoms with Crippen molar-refractivity contribution in [1.29, 1.82) is 0 Å². The molecule has 1 N–H and O–H groups in total. The Balaban J connectivity index is 1.65. The first-order chi connectivity index (χ1) is 15.0. The van der Waals surface area contributed by atoms with Gasteiger partial charge in [-0.2, -0.15) is 0 Å². The summed E-state index contributed by atoms with van der Waals surface area (Å²) in [4.78, 5) is 14.7. The van der Waals surface area contributed by atoms with Crippen LogP contribution in [0, 0.1) is 0 Å². The minimum absolute atomic E-state index is 0.0237. The minimum Gasteiger partial charge on any atom is -0.493 e. The molecule has 31 heavy (non-hydrogen) atoms. The third-order valence-corrected chi connectivity index (χ3v) is 4.97. The zero-order valence-corrected chi connectivity index (χ0v) is 18.3. The Kier molecular flexibility index (Phi) is 7.51. The van der Waals surface area contributed by atoms with Crippen LogP contribution in [-0.2, 0) is 0 Å². The molecule has 0 aliphatic heterocycles. The molecule has 1 unspecified atom stereocenters. The predicted molar refractivity (Wildman–Crippen MR) is 121 cm³/mol. The molecule has 0 saturated carbocycles. The van der Waals surface area contributed by atoms with Gasteiger partial charge in [0.05, 0.1) is 20.3 Å². The summed E-state index contributed by atoms with van der Waals surface area (Å²) >= 11 is 0. The molecular formula is C25H28N2O4. The highest BCUT2D eigenvalue weighted by molar-refractivity contribution is 5.94. The van der Waals surface area contributed by atoms with Crippen molar-refractivity contribution in [3.05, 3.63) is 83.9 Å². The summed E-state index contributed by atoms with van der Waals surface area (Å²) in [5.74, 6) is 2.62. The van der Waals surface area contributed by atoms with E-state index in [1.54, 1.807) is 38.5 Å². The third-order valence-electron chi connectivity index (χ3n) is 4.97. The molecule has 1 atom stereocenters. The second-order valence-electron chi connectivity index (χ2n) is 7.24. The van der Waals surface area contributed by atoms with E-state index in [0.29, 0.717) is 29.4 Å². The van der Waals surface area contributed by atoms with Crippen LogP contribution in [0.4, 0.5) is 0 Å². The van der Waals surface area contributed by atoms with Crippen molar-refractivity contribution in [1.82, 2.24) is 10.2 Å². The number of carbonyl (C=O) groups is 1. The minimum atomic E-state index is -0.140. The van der Waals surface area contributed by atoms with Gasteiger partial charge in [0, 0.05) is 12.1 Å². The summed E-state index contributed by atoms with van der Waals surface area (Å²) < 4.78 is 16.5. The molecule has 0 saturated heterocycles. The van der Waals surface area contributed by atoms with E-state index < -0.39 is 0 Å². The van der Waals surface area contributed by atoms with E-state index in [4.69, 9.17) is 14.2 Å². The normalized spacial score (nSPS) is 11.6. The molecule has 6 nitrogen and oxygen atoms in total. The van der Waals surface area contributed by atoms with E-state index in [9.17, 15) is 4.79 Å². The Labute approximate surface area is 183 Å². The van der Waals surface area contributed by atoms with E-state index in [2.05, 4.69) is 10.2 Å². The van der Waals surface area contributed by atoms with Crippen molar-refractivity contribution >= 4 is 5.91 Å². The highest BCUT2D eigenvalue weighted by atomic mass is 16.5. The molecule has 0 aliphatic rings. The summed E-state index contributed by atoms with van der Waals surface area (Å²) in [6.45, 7) is 0.448. The summed E-state index contributed by atoms with van der Waals surface area (Å²) in [5.41, 5.74) is 1.60. The van der Waals surface area contributed by atoms with Crippen LogP contribution in [0.2, 0.25) is 0 Å². The smallest absolute Gasteiger partial charge is 0.251 e. The number of para-hydroxylation sites is 1. The van der Waals surface area contributed by atoms with Crippen LogP contribution in [0.3, 0.4) is 0 Å². The van der Waals surface area contributed by atoms with Gasteiger partial charge in [-0.15, -0.1) is 0 Å². The first-order valence-corrected chi connectivity index (χ1v) is 10.0. The van der Waals surface area contributed by atoms with Gasteiger partial charge in [-0.25, -0.2) is 0 Å². The molecule has 3 aromatic carbocycles. The molecule has 0 fully saturated rings. The average molecular weight is 421 g/mol. The van der Waals surface area contributed by atoms with Gasteiger partial charge in [-0.05, 0) is 68.2 Å². The molecule has 0 aromatic heterocycles. The Morgan fingerprint density at radius 1 is 0.871 bits per heavy atom. The van der Waals surface area contributed by atoms with E-state index in [-0.39, 0.29) is 11.9 Å². The number of nitrogens with one attached hydrogen (secondary N) is 1. The molecule has 0 bridgehead atoms. The molecule has 3 rings (SSSR count). The monoisotopic (exact) mass is 420 g/mol. The quantitative estimate of drug-likeness (QED) is 0.551.